The topological polar surface area (TPSA) is 111 Å². The van der Waals surface area contributed by atoms with Gasteiger partial charge in [-0.05, 0) is 43.1 Å². The highest BCUT2D eigenvalue weighted by atomic mass is 16.5. The number of aromatic carboxylic acids is 1. The van der Waals surface area contributed by atoms with Crippen LogP contribution in [0.1, 0.15) is 40.7 Å². The highest BCUT2D eigenvalue weighted by Crippen LogP contribution is 2.33. The van der Waals surface area contributed by atoms with E-state index < -0.39 is 5.97 Å². The van der Waals surface area contributed by atoms with E-state index in [1.807, 2.05) is 18.2 Å². The first kappa shape index (κ1) is 21.0. The number of carbonyl (C=O) groups is 1. The van der Waals surface area contributed by atoms with Crippen LogP contribution < -0.4 is 4.74 Å². The number of hydrogen-bond acceptors (Lipinski definition) is 8. The van der Waals surface area contributed by atoms with Gasteiger partial charge in [-0.1, -0.05) is 17.3 Å². The summed E-state index contributed by atoms with van der Waals surface area (Å²) in [6.07, 6.45) is 3.62. The van der Waals surface area contributed by atoms with Crippen molar-refractivity contribution < 1.29 is 23.9 Å². The first-order valence-electron chi connectivity index (χ1n) is 10.1. The predicted molar refractivity (Wildman–Crippen MR) is 111 cm³/mol. The zero-order chi connectivity index (χ0) is 21.6. The molecule has 0 bridgehead atoms. The van der Waals surface area contributed by atoms with Gasteiger partial charge in [0.1, 0.15) is 6.61 Å². The summed E-state index contributed by atoms with van der Waals surface area (Å²) in [6.45, 7) is 2.54. The van der Waals surface area contributed by atoms with Crippen molar-refractivity contribution in [3.05, 3.63) is 59.6 Å². The number of nitrogens with zero attached hydrogens (tertiary/aromatic N) is 4. The van der Waals surface area contributed by atoms with Gasteiger partial charge in [0.2, 0.25) is 17.6 Å². The summed E-state index contributed by atoms with van der Waals surface area (Å²) in [4.78, 5) is 22.2. The number of benzene rings is 1. The lowest BCUT2D eigenvalue weighted by molar-refractivity contribution is 0.0697. The summed E-state index contributed by atoms with van der Waals surface area (Å²) < 4.78 is 16.0. The zero-order valence-electron chi connectivity index (χ0n) is 17.2. The van der Waals surface area contributed by atoms with Gasteiger partial charge in [0.25, 0.3) is 0 Å². The lowest BCUT2D eigenvalue weighted by Gasteiger charge is -2.21. The summed E-state index contributed by atoms with van der Waals surface area (Å²) in [5.41, 5.74) is 2.08. The van der Waals surface area contributed by atoms with Crippen LogP contribution in [0.15, 0.2) is 47.1 Å². The molecule has 4 rings (SSSR count). The Kier molecular flexibility index (Phi) is 6.54. The van der Waals surface area contributed by atoms with Gasteiger partial charge in [0, 0.05) is 31.5 Å². The van der Waals surface area contributed by atoms with Crippen LogP contribution in [0.25, 0.3) is 11.4 Å². The third kappa shape index (κ3) is 5.07. The first-order valence-corrected chi connectivity index (χ1v) is 10.1. The minimum Gasteiger partial charge on any atom is -0.478 e. The van der Waals surface area contributed by atoms with Crippen LogP contribution in [0.5, 0.6) is 5.88 Å². The molecule has 1 fully saturated rings. The molecule has 3 heterocycles. The van der Waals surface area contributed by atoms with Crippen LogP contribution in [-0.2, 0) is 11.3 Å². The quantitative estimate of drug-likeness (QED) is 0.518. The van der Waals surface area contributed by atoms with Crippen molar-refractivity contribution in [2.75, 3.05) is 26.9 Å². The number of ether oxygens (including phenoxy) is 2. The monoisotopic (exact) mass is 424 g/mol. The van der Waals surface area contributed by atoms with Crippen molar-refractivity contribution >= 4 is 5.97 Å². The van der Waals surface area contributed by atoms with Crippen LogP contribution in [0.2, 0.25) is 0 Å². The van der Waals surface area contributed by atoms with Crippen LogP contribution >= 0.6 is 0 Å². The lowest BCUT2D eigenvalue weighted by Crippen LogP contribution is -2.23. The van der Waals surface area contributed by atoms with E-state index in [1.54, 1.807) is 31.5 Å². The van der Waals surface area contributed by atoms with Crippen LogP contribution in [0, 0.1) is 0 Å². The second-order valence-corrected chi connectivity index (χ2v) is 7.31. The fourth-order valence-electron chi connectivity index (χ4n) is 3.60. The van der Waals surface area contributed by atoms with Gasteiger partial charge < -0.3 is 19.1 Å². The number of likely N-dealkylation sites (tertiary alicyclic amines) is 1. The van der Waals surface area contributed by atoms with E-state index in [-0.39, 0.29) is 11.6 Å². The van der Waals surface area contributed by atoms with E-state index in [0.717, 1.165) is 30.5 Å². The second-order valence-electron chi connectivity index (χ2n) is 7.31. The molecule has 0 saturated carbocycles. The molecule has 0 amide bonds. The molecule has 0 aliphatic carbocycles. The molecule has 2 aromatic heterocycles. The summed E-state index contributed by atoms with van der Waals surface area (Å²) in [6, 6.07) is 10.6. The molecule has 0 radical (unpaired) electrons. The van der Waals surface area contributed by atoms with Crippen molar-refractivity contribution in [2.45, 2.75) is 25.4 Å². The van der Waals surface area contributed by atoms with Gasteiger partial charge in [-0.2, -0.15) is 4.98 Å². The number of pyridine rings is 1. The molecule has 1 aliphatic heterocycles. The average Bonchev–Trinajstić information content (AvgIpc) is 3.44. The van der Waals surface area contributed by atoms with Crippen LogP contribution in [0.3, 0.4) is 0 Å². The zero-order valence-corrected chi connectivity index (χ0v) is 17.2. The minimum atomic E-state index is -0.923. The fraction of sp³-hybridized carbons (Fsp3) is 0.364. The van der Waals surface area contributed by atoms with E-state index in [0.29, 0.717) is 37.4 Å². The van der Waals surface area contributed by atoms with E-state index in [9.17, 15) is 4.79 Å². The van der Waals surface area contributed by atoms with Gasteiger partial charge in [0.15, 0.2) is 0 Å². The molecular formula is C22H24N4O5. The molecule has 1 atom stereocenters. The number of methoxy groups -OCH3 is 1. The predicted octanol–water partition coefficient (Wildman–Crippen LogP) is 3.19. The summed E-state index contributed by atoms with van der Waals surface area (Å²) in [5, 5.41) is 13.2. The van der Waals surface area contributed by atoms with Crippen molar-refractivity contribution in [3.8, 4) is 17.3 Å². The Morgan fingerprint density at radius 2 is 2.06 bits per heavy atom. The van der Waals surface area contributed by atoms with Gasteiger partial charge in [-0.25, -0.2) is 9.78 Å². The minimum absolute atomic E-state index is 0.0324. The van der Waals surface area contributed by atoms with Crippen molar-refractivity contribution in [1.82, 2.24) is 20.0 Å². The molecule has 9 heteroatoms. The summed E-state index contributed by atoms with van der Waals surface area (Å²) in [5.74, 6) is 0.659. The third-order valence-electron chi connectivity index (χ3n) is 5.21. The van der Waals surface area contributed by atoms with Crippen molar-refractivity contribution in [2.24, 2.45) is 0 Å². The van der Waals surface area contributed by atoms with Gasteiger partial charge in [0.05, 0.1) is 18.2 Å². The molecular weight excluding hydrogens is 400 g/mol. The normalized spacial score (nSPS) is 16.5. The Labute approximate surface area is 179 Å². The Hall–Kier alpha value is -3.30. The number of carboxylic acids is 1. The molecule has 162 valence electrons. The summed E-state index contributed by atoms with van der Waals surface area (Å²) in [7, 11) is 1.62. The smallest absolute Gasteiger partial charge is 0.335 e. The summed E-state index contributed by atoms with van der Waals surface area (Å²) >= 11 is 0. The van der Waals surface area contributed by atoms with Crippen LogP contribution in [0.4, 0.5) is 0 Å². The Bertz CT molecular complexity index is 1000. The van der Waals surface area contributed by atoms with Crippen molar-refractivity contribution in [1.29, 1.82) is 0 Å². The molecule has 0 spiro atoms. The maximum Gasteiger partial charge on any atom is 0.335 e. The van der Waals surface area contributed by atoms with E-state index in [2.05, 4.69) is 20.0 Å². The molecule has 9 nitrogen and oxygen atoms in total. The second kappa shape index (κ2) is 9.67. The number of carboxylic acid groups (broad SMARTS) is 1. The molecule has 1 aliphatic rings. The molecule has 3 aromatic rings. The Morgan fingerprint density at radius 3 is 2.77 bits per heavy atom. The fourth-order valence-corrected chi connectivity index (χ4v) is 3.60. The van der Waals surface area contributed by atoms with E-state index in [1.165, 1.54) is 0 Å². The standard InChI is InChI=1S/C22H24N4O5/c1-29-11-12-30-19-9-8-17(13-23-19)20-24-21(31-25-20)18-3-2-10-26(18)14-15-4-6-16(7-5-15)22(27)28/h4-9,13,18H,2-3,10-12,14H2,1H3,(H,27,28)/t18-/m0/s1. The van der Waals surface area contributed by atoms with E-state index in [4.69, 9.17) is 19.1 Å². The maximum atomic E-state index is 11.0. The number of aromatic nitrogens is 3. The van der Waals surface area contributed by atoms with E-state index >= 15 is 0 Å². The molecule has 31 heavy (non-hydrogen) atoms. The van der Waals surface area contributed by atoms with Gasteiger partial charge in [-0.15, -0.1) is 0 Å². The SMILES string of the molecule is COCCOc1ccc(-c2noc([C@@H]3CCCN3Cc3ccc(C(=O)O)cc3)n2)cn1. The van der Waals surface area contributed by atoms with Crippen molar-refractivity contribution in [3.63, 3.8) is 0 Å². The highest BCUT2D eigenvalue weighted by molar-refractivity contribution is 5.87. The Balaban J connectivity index is 1.42. The van der Waals surface area contributed by atoms with Crippen LogP contribution in [-0.4, -0.2) is 58.0 Å². The Morgan fingerprint density at radius 1 is 1.23 bits per heavy atom. The molecule has 1 aromatic carbocycles. The molecule has 1 N–H and O–H groups in total. The number of hydrogen-bond donors (Lipinski definition) is 1. The average molecular weight is 424 g/mol. The third-order valence-corrected chi connectivity index (χ3v) is 5.21. The molecule has 1 saturated heterocycles. The maximum absolute atomic E-state index is 11.0. The first-order chi connectivity index (χ1) is 15.1. The molecule has 0 unspecified atom stereocenters. The number of rotatable bonds is 9. The van der Waals surface area contributed by atoms with Gasteiger partial charge >= 0.3 is 5.97 Å². The largest absolute Gasteiger partial charge is 0.478 e. The highest BCUT2D eigenvalue weighted by Gasteiger charge is 2.31. The van der Waals surface area contributed by atoms with Gasteiger partial charge in [-0.3, -0.25) is 4.90 Å². The lowest BCUT2D eigenvalue weighted by atomic mass is 10.1.